The summed E-state index contributed by atoms with van der Waals surface area (Å²) in [4.78, 5) is 0. The summed E-state index contributed by atoms with van der Waals surface area (Å²) in [5.41, 5.74) is -0.640. The standard InChI is InChI=1S/C10H23NO/c1-7(2)9(10(5,6)12)11-8(3)4/h7-9,11-12H,1-6H3/t9-/m0/s1. The molecule has 0 aliphatic rings. The highest BCUT2D eigenvalue weighted by molar-refractivity contribution is 4.86. The summed E-state index contributed by atoms with van der Waals surface area (Å²) in [7, 11) is 0. The summed E-state index contributed by atoms with van der Waals surface area (Å²) in [6, 6.07) is 0.585. The smallest absolute Gasteiger partial charge is 0.0746 e. The molecule has 0 radical (unpaired) electrons. The van der Waals surface area contributed by atoms with E-state index in [1.807, 2.05) is 13.8 Å². The van der Waals surface area contributed by atoms with Gasteiger partial charge in [0.25, 0.3) is 0 Å². The maximum Gasteiger partial charge on any atom is 0.0746 e. The summed E-state index contributed by atoms with van der Waals surface area (Å²) in [5.74, 6) is 0.451. The van der Waals surface area contributed by atoms with Gasteiger partial charge in [-0.25, -0.2) is 0 Å². The van der Waals surface area contributed by atoms with Crippen LogP contribution in [0.25, 0.3) is 0 Å². The zero-order valence-corrected chi connectivity index (χ0v) is 9.18. The fourth-order valence-corrected chi connectivity index (χ4v) is 1.57. The number of aliphatic hydroxyl groups is 1. The van der Waals surface area contributed by atoms with E-state index in [-0.39, 0.29) is 6.04 Å². The molecule has 0 saturated heterocycles. The van der Waals surface area contributed by atoms with E-state index in [9.17, 15) is 5.11 Å². The highest BCUT2D eigenvalue weighted by Gasteiger charge is 2.29. The molecule has 2 N–H and O–H groups in total. The van der Waals surface area contributed by atoms with E-state index in [2.05, 4.69) is 33.0 Å². The quantitative estimate of drug-likeness (QED) is 0.679. The van der Waals surface area contributed by atoms with Gasteiger partial charge in [0.2, 0.25) is 0 Å². The Morgan fingerprint density at radius 1 is 1.08 bits per heavy atom. The van der Waals surface area contributed by atoms with E-state index in [0.29, 0.717) is 12.0 Å². The summed E-state index contributed by atoms with van der Waals surface area (Å²) in [6.45, 7) is 12.2. The van der Waals surface area contributed by atoms with Crippen molar-refractivity contribution < 1.29 is 5.11 Å². The number of nitrogens with one attached hydrogen (secondary N) is 1. The van der Waals surface area contributed by atoms with Crippen molar-refractivity contribution in [2.24, 2.45) is 5.92 Å². The van der Waals surface area contributed by atoms with Crippen molar-refractivity contribution in [2.45, 2.75) is 59.2 Å². The summed E-state index contributed by atoms with van der Waals surface area (Å²) >= 11 is 0. The third kappa shape index (κ3) is 4.07. The lowest BCUT2D eigenvalue weighted by atomic mass is 9.89. The van der Waals surface area contributed by atoms with Crippen LogP contribution >= 0.6 is 0 Å². The molecule has 2 nitrogen and oxygen atoms in total. The molecule has 0 unspecified atom stereocenters. The number of rotatable bonds is 4. The Hall–Kier alpha value is -0.0800. The first-order chi connectivity index (χ1) is 5.25. The topological polar surface area (TPSA) is 32.3 Å². The van der Waals surface area contributed by atoms with Crippen LogP contribution < -0.4 is 5.32 Å². The van der Waals surface area contributed by atoms with Gasteiger partial charge in [-0.15, -0.1) is 0 Å². The summed E-state index contributed by atoms with van der Waals surface area (Å²) < 4.78 is 0. The Bertz CT molecular complexity index is 124. The Labute approximate surface area is 76.4 Å². The fourth-order valence-electron chi connectivity index (χ4n) is 1.57. The molecule has 0 aliphatic carbocycles. The van der Waals surface area contributed by atoms with Gasteiger partial charge in [0.15, 0.2) is 0 Å². The van der Waals surface area contributed by atoms with Crippen molar-refractivity contribution in [1.29, 1.82) is 0 Å². The molecule has 12 heavy (non-hydrogen) atoms. The first kappa shape index (κ1) is 11.9. The Morgan fingerprint density at radius 3 is 1.58 bits per heavy atom. The lowest BCUT2D eigenvalue weighted by Gasteiger charge is -2.35. The summed E-state index contributed by atoms with van der Waals surface area (Å²) in [5, 5.41) is 13.2. The maximum absolute atomic E-state index is 9.83. The molecular weight excluding hydrogens is 150 g/mol. The average Bonchev–Trinajstić information content (AvgIpc) is 1.79. The van der Waals surface area contributed by atoms with E-state index < -0.39 is 5.60 Å². The van der Waals surface area contributed by atoms with Gasteiger partial charge in [-0.3, -0.25) is 0 Å². The molecule has 0 aromatic heterocycles. The van der Waals surface area contributed by atoms with Crippen LogP contribution in [0.4, 0.5) is 0 Å². The highest BCUT2D eigenvalue weighted by Crippen LogP contribution is 2.16. The van der Waals surface area contributed by atoms with Crippen molar-refractivity contribution in [1.82, 2.24) is 5.32 Å². The second-order valence-electron chi connectivity index (χ2n) is 4.70. The van der Waals surface area contributed by atoms with Crippen LogP contribution in [0.1, 0.15) is 41.5 Å². The molecular formula is C10H23NO. The van der Waals surface area contributed by atoms with Crippen molar-refractivity contribution in [3.05, 3.63) is 0 Å². The van der Waals surface area contributed by atoms with Gasteiger partial charge in [0.1, 0.15) is 0 Å². The summed E-state index contributed by atoms with van der Waals surface area (Å²) in [6.07, 6.45) is 0. The van der Waals surface area contributed by atoms with Gasteiger partial charge in [0.05, 0.1) is 5.60 Å². The van der Waals surface area contributed by atoms with Crippen LogP contribution in [0, 0.1) is 5.92 Å². The van der Waals surface area contributed by atoms with Crippen LogP contribution in [0.5, 0.6) is 0 Å². The van der Waals surface area contributed by atoms with Gasteiger partial charge >= 0.3 is 0 Å². The van der Waals surface area contributed by atoms with Crippen LogP contribution in [0.3, 0.4) is 0 Å². The monoisotopic (exact) mass is 173 g/mol. The van der Waals surface area contributed by atoms with E-state index in [4.69, 9.17) is 0 Å². The lowest BCUT2D eigenvalue weighted by Crippen LogP contribution is -2.52. The van der Waals surface area contributed by atoms with Crippen molar-refractivity contribution in [2.75, 3.05) is 0 Å². The molecule has 2 heteroatoms. The van der Waals surface area contributed by atoms with Crippen LogP contribution in [-0.2, 0) is 0 Å². The van der Waals surface area contributed by atoms with E-state index in [0.717, 1.165) is 0 Å². The lowest BCUT2D eigenvalue weighted by molar-refractivity contribution is 0.0169. The first-order valence-corrected chi connectivity index (χ1v) is 4.73. The first-order valence-electron chi connectivity index (χ1n) is 4.73. The Kier molecular flexibility index (Phi) is 4.21. The third-order valence-corrected chi connectivity index (χ3v) is 1.94. The molecule has 0 heterocycles. The van der Waals surface area contributed by atoms with Crippen molar-refractivity contribution in [3.8, 4) is 0 Å². The average molecular weight is 173 g/mol. The second kappa shape index (κ2) is 4.24. The third-order valence-electron chi connectivity index (χ3n) is 1.94. The van der Waals surface area contributed by atoms with Crippen molar-refractivity contribution in [3.63, 3.8) is 0 Å². The van der Waals surface area contributed by atoms with Gasteiger partial charge in [-0.2, -0.15) is 0 Å². The molecule has 0 spiro atoms. The molecule has 0 rings (SSSR count). The zero-order valence-electron chi connectivity index (χ0n) is 9.18. The molecule has 74 valence electrons. The molecule has 0 aromatic carbocycles. The second-order valence-corrected chi connectivity index (χ2v) is 4.70. The molecule has 0 bridgehead atoms. The molecule has 0 aromatic rings. The van der Waals surface area contributed by atoms with Crippen LogP contribution in [0.15, 0.2) is 0 Å². The minimum absolute atomic E-state index is 0.164. The number of hydrogen-bond donors (Lipinski definition) is 2. The molecule has 0 saturated carbocycles. The largest absolute Gasteiger partial charge is 0.389 e. The zero-order chi connectivity index (χ0) is 9.94. The van der Waals surface area contributed by atoms with E-state index in [1.165, 1.54) is 0 Å². The SMILES string of the molecule is CC(C)N[C@@H](C(C)C)C(C)(C)O. The minimum Gasteiger partial charge on any atom is -0.389 e. The predicted octanol–water partition coefficient (Wildman–Crippen LogP) is 1.78. The minimum atomic E-state index is -0.640. The van der Waals surface area contributed by atoms with Gasteiger partial charge in [0, 0.05) is 12.1 Å². The van der Waals surface area contributed by atoms with Gasteiger partial charge in [-0.05, 0) is 19.8 Å². The maximum atomic E-state index is 9.83. The molecule has 0 fully saturated rings. The Morgan fingerprint density at radius 2 is 1.50 bits per heavy atom. The highest BCUT2D eigenvalue weighted by atomic mass is 16.3. The van der Waals surface area contributed by atoms with E-state index in [1.54, 1.807) is 0 Å². The molecule has 1 atom stereocenters. The normalized spacial score (nSPS) is 15.8. The number of hydrogen-bond acceptors (Lipinski definition) is 2. The fraction of sp³-hybridized carbons (Fsp3) is 1.00. The molecule has 0 amide bonds. The van der Waals surface area contributed by atoms with E-state index >= 15 is 0 Å². The predicted molar refractivity (Wildman–Crippen MR) is 53.2 cm³/mol. The van der Waals surface area contributed by atoms with Crippen molar-refractivity contribution >= 4 is 0 Å². The van der Waals surface area contributed by atoms with Crippen LogP contribution in [-0.4, -0.2) is 22.8 Å². The molecule has 0 aliphatic heterocycles. The van der Waals surface area contributed by atoms with Gasteiger partial charge < -0.3 is 10.4 Å². The Balaban J connectivity index is 4.25. The van der Waals surface area contributed by atoms with Gasteiger partial charge in [-0.1, -0.05) is 27.7 Å². The van der Waals surface area contributed by atoms with Crippen LogP contribution in [0.2, 0.25) is 0 Å².